The van der Waals surface area contributed by atoms with Gasteiger partial charge in [0.2, 0.25) is 0 Å². The molecule has 0 unspecified atom stereocenters. The second-order valence-corrected chi connectivity index (χ2v) is 4.07. The van der Waals surface area contributed by atoms with E-state index in [4.69, 9.17) is 4.74 Å². The Hall–Kier alpha value is -1.28. The van der Waals surface area contributed by atoms with Gasteiger partial charge in [-0.05, 0) is 36.2 Å². The van der Waals surface area contributed by atoms with Crippen LogP contribution >= 0.6 is 0 Å². The summed E-state index contributed by atoms with van der Waals surface area (Å²) in [4.78, 5) is 0. The lowest BCUT2D eigenvalue weighted by Crippen LogP contribution is -2.13. The van der Waals surface area contributed by atoms with Gasteiger partial charge in [0.15, 0.2) is 0 Å². The Bertz CT molecular complexity index is 371. The largest absolute Gasteiger partial charge is 0.493 e. The van der Waals surface area contributed by atoms with E-state index in [2.05, 4.69) is 42.6 Å². The molecule has 1 aliphatic heterocycles. The number of ether oxygens (including phenoxy) is 1. The van der Waals surface area contributed by atoms with Crippen molar-refractivity contribution in [1.82, 2.24) is 5.32 Å². The van der Waals surface area contributed by atoms with Crippen molar-refractivity contribution in [3.63, 3.8) is 0 Å². The smallest absolute Gasteiger partial charge is 0.122 e. The lowest BCUT2D eigenvalue weighted by atomic mass is 10.1. The molecule has 0 spiro atoms. The molecule has 2 rings (SSSR count). The Balaban J connectivity index is 1.90. The van der Waals surface area contributed by atoms with E-state index in [-0.39, 0.29) is 0 Å². The topological polar surface area (TPSA) is 21.3 Å². The van der Waals surface area contributed by atoms with Crippen LogP contribution in [-0.2, 0) is 6.42 Å². The van der Waals surface area contributed by atoms with Gasteiger partial charge in [0.25, 0.3) is 0 Å². The summed E-state index contributed by atoms with van der Waals surface area (Å²) in [6.45, 7) is 5.04. The molecule has 0 saturated carbocycles. The summed E-state index contributed by atoms with van der Waals surface area (Å²) in [5.41, 5.74) is 2.60. The molecule has 16 heavy (non-hydrogen) atoms. The Morgan fingerprint density at radius 2 is 2.38 bits per heavy atom. The average Bonchev–Trinajstić information content (AvgIpc) is 2.76. The van der Waals surface area contributed by atoms with Crippen molar-refractivity contribution in [3.8, 4) is 5.75 Å². The molecule has 0 radical (unpaired) electrons. The highest BCUT2D eigenvalue weighted by molar-refractivity contribution is 5.54. The number of benzene rings is 1. The molecule has 2 nitrogen and oxygen atoms in total. The highest BCUT2D eigenvalue weighted by Crippen LogP contribution is 2.26. The maximum Gasteiger partial charge on any atom is 0.122 e. The van der Waals surface area contributed by atoms with Gasteiger partial charge in [0.05, 0.1) is 6.61 Å². The van der Waals surface area contributed by atoms with Gasteiger partial charge in [-0.15, -0.1) is 0 Å². The number of fused-ring (bicyclic) bond motifs is 1. The van der Waals surface area contributed by atoms with Gasteiger partial charge in [0, 0.05) is 13.0 Å². The molecule has 1 aliphatic rings. The number of hydrogen-bond acceptors (Lipinski definition) is 2. The van der Waals surface area contributed by atoms with Gasteiger partial charge in [0.1, 0.15) is 5.75 Å². The summed E-state index contributed by atoms with van der Waals surface area (Å²) >= 11 is 0. The molecule has 1 N–H and O–H groups in total. The monoisotopic (exact) mass is 217 g/mol. The molecule has 0 fully saturated rings. The first-order valence-corrected chi connectivity index (χ1v) is 6.03. The molecular formula is C14H19NO. The Morgan fingerprint density at radius 1 is 1.44 bits per heavy atom. The summed E-state index contributed by atoms with van der Waals surface area (Å²) in [5, 5.41) is 3.35. The first-order valence-electron chi connectivity index (χ1n) is 6.03. The van der Waals surface area contributed by atoms with Gasteiger partial charge in [-0.3, -0.25) is 0 Å². The fourth-order valence-corrected chi connectivity index (χ4v) is 1.87. The van der Waals surface area contributed by atoms with Crippen LogP contribution in [0.4, 0.5) is 0 Å². The average molecular weight is 217 g/mol. The van der Waals surface area contributed by atoms with Crippen LogP contribution in [-0.4, -0.2) is 19.7 Å². The minimum atomic E-state index is 0.834. The van der Waals surface area contributed by atoms with Crippen molar-refractivity contribution >= 4 is 6.08 Å². The lowest BCUT2D eigenvalue weighted by Gasteiger charge is -2.00. The highest BCUT2D eigenvalue weighted by Gasteiger charge is 2.10. The van der Waals surface area contributed by atoms with E-state index in [9.17, 15) is 0 Å². The number of hydrogen-bond donors (Lipinski definition) is 1. The molecule has 0 amide bonds. The molecule has 0 aromatic heterocycles. The van der Waals surface area contributed by atoms with Crippen molar-refractivity contribution in [2.75, 3.05) is 19.7 Å². The summed E-state index contributed by atoms with van der Waals surface area (Å²) in [6, 6.07) is 6.40. The second-order valence-electron chi connectivity index (χ2n) is 4.07. The third kappa shape index (κ3) is 2.86. The Labute approximate surface area is 97.3 Å². The van der Waals surface area contributed by atoms with Crippen LogP contribution in [0.15, 0.2) is 24.3 Å². The van der Waals surface area contributed by atoms with E-state index in [1.807, 2.05) is 0 Å². The van der Waals surface area contributed by atoms with Crippen molar-refractivity contribution < 1.29 is 4.74 Å². The molecule has 0 aliphatic carbocycles. The van der Waals surface area contributed by atoms with E-state index in [0.717, 1.165) is 31.9 Å². The van der Waals surface area contributed by atoms with Crippen LogP contribution in [0.25, 0.3) is 6.08 Å². The zero-order chi connectivity index (χ0) is 11.2. The molecule has 86 valence electrons. The normalized spacial score (nSPS) is 14.1. The molecule has 0 atom stereocenters. The summed E-state index contributed by atoms with van der Waals surface area (Å²) in [5.74, 6) is 1.06. The maximum absolute atomic E-state index is 5.47. The van der Waals surface area contributed by atoms with Crippen molar-refractivity contribution in [2.45, 2.75) is 19.8 Å². The van der Waals surface area contributed by atoms with Crippen LogP contribution in [0.3, 0.4) is 0 Å². The lowest BCUT2D eigenvalue weighted by molar-refractivity contribution is 0.357. The molecule has 1 aromatic carbocycles. The van der Waals surface area contributed by atoms with Crippen LogP contribution < -0.4 is 10.1 Å². The van der Waals surface area contributed by atoms with Gasteiger partial charge in [-0.1, -0.05) is 25.1 Å². The number of nitrogens with one attached hydrogen (secondary N) is 1. The maximum atomic E-state index is 5.47. The number of rotatable bonds is 5. The van der Waals surface area contributed by atoms with Gasteiger partial charge in [-0.2, -0.15) is 0 Å². The third-order valence-electron chi connectivity index (χ3n) is 2.71. The van der Waals surface area contributed by atoms with E-state index >= 15 is 0 Å². The summed E-state index contributed by atoms with van der Waals surface area (Å²) in [7, 11) is 0. The SMILES string of the molecule is CCCNCC=Cc1ccc2c(c1)CCO2. The van der Waals surface area contributed by atoms with Crippen molar-refractivity contribution in [1.29, 1.82) is 0 Å². The van der Waals surface area contributed by atoms with Gasteiger partial charge in [-0.25, -0.2) is 0 Å². The molecule has 0 saturated heterocycles. The Kier molecular flexibility index (Phi) is 4.00. The van der Waals surface area contributed by atoms with Crippen molar-refractivity contribution in [2.24, 2.45) is 0 Å². The quantitative estimate of drug-likeness (QED) is 0.766. The molecule has 1 aromatic rings. The predicted octanol–water partition coefficient (Wildman–Crippen LogP) is 2.63. The van der Waals surface area contributed by atoms with Crippen LogP contribution in [0.2, 0.25) is 0 Å². The van der Waals surface area contributed by atoms with Gasteiger partial charge >= 0.3 is 0 Å². The first-order chi connectivity index (χ1) is 7.90. The second kappa shape index (κ2) is 5.71. The summed E-state index contributed by atoms with van der Waals surface area (Å²) in [6.07, 6.45) is 6.57. The zero-order valence-electron chi connectivity index (χ0n) is 9.83. The first kappa shape index (κ1) is 11.2. The van der Waals surface area contributed by atoms with E-state index < -0.39 is 0 Å². The van der Waals surface area contributed by atoms with Crippen LogP contribution in [0.5, 0.6) is 5.75 Å². The van der Waals surface area contributed by atoms with Crippen molar-refractivity contribution in [3.05, 3.63) is 35.4 Å². The standard InChI is InChI=1S/C14H19NO/c1-2-8-15-9-3-4-12-5-6-14-13(11-12)7-10-16-14/h3-6,11,15H,2,7-10H2,1H3. The van der Waals surface area contributed by atoms with E-state index in [1.165, 1.54) is 17.5 Å². The summed E-state index contributed by atoms with van der Waals surface area (Å²) < 4.78 is 5.47. The van der Waals surface area contributed by atoms with E-state index in [0.29, 0.717) is 0 Å². The fraction of sp³-hybridized carbons (Fsp3) is 0.429. The zero-order valence-corrected chi connectivity index (χ0v) is 9.83. The minimum absolute atomic E-state index is 0.834. The molecule has 1 heterocycles. The highest BCUT2D eigenvalue weighted by atomic mass is 16.5. The fourth-order valence-electron chi connectivity index (χ4n) is 1.87. The Morgan fingerprint density at radius 3 is 3.25 bits per heavy atom. The predicted molar refractivity (Wildman–Crippen MR) is 67.8 cm³/mol. The van der Waals surface area contributed by atoms with Gasteiger partial charge < -0.3 is 10.1 Å². The molecule has 0 bridgehead atoms. The van der Waals surface area contributed by atoms with E-state index in [1.54, 1.807) is 0 Å². The molecular weight excluding hydrogens is 198 g/mol. The third-order valence-corrected chi connectivity index (χ3v) is 2.71. The molecule has 2 heteroatoms. The van der Waals surface area contributed by atoms with Crippen LogP contribution in [0.1, 0.15) is 24.5 Å². The van der Waals surface area contributed by atoms with Crippen LogP contribution in [0, 0.1) is 0 Å². The minimum Gasteiger partial charge on any atom is -0.493 e.